The Morgan fingerprint density at radius 2 is 1.84 bits per heavy atom. The van der Waals surface area contributed by atoms with Gasteiger partial charge in [0.2, 0.25) is 0 Å². The van der Waals surface area contributed by atoms with E-state index < -0.39 is 5.97 Å². The summed E-state index contributed by atoms with van der Waals surface area (Å²) in [6.45, 7) is 3.99. The normalized spacial score (nSPS) is 11.2. The Morgan fingerprint density at radius 3 is 2.48 bits per heavy atom. The minimum Gasteiger partial charge on any atom is -0.478 e. The highest BCUT2D eigenvalue weighted by Crippen LogP contribution is 2.25. The molecule has 25 heavy (non-hydrogen) atoms. The summed E-state index contributed by atoms with van der Waals surface area (Å²) < 4.78 is 2.03. The summed E-state index contributed by atoms with van der Waals surface area (Å²) in [5, 5.41) is 9.33. The average Bonchev–Trinajstić information content (AvgIpc) is 2.87. The number of nitrogens with zero attached hydrogens (tertiary/aromatic N) is 2. The number of aryl methyl sites for hydroxylation is 1. The van der Waals surface area contributed by atoms with E-state index in [2.05, 4.69) is 4.99 Å². The molecule has 0 amide bonds. The van der Waals surface area contributed by atoms with Crippen LogP contribution in [0.4, 0.5) is 5.69 Å². The minimum atomic E-state index is -1.03. The van der Waals surface area contributed by atoms with Crippen molar-refractivity contribution < 1.29 is 9.90 Å². The van der Waals surface area contributed by atoms with Crippen molar-refractivity contribution in [1.82, 2.24) is 4.57 Å². The van der Waals surface area contributed by atoms with Gasteiger partial charge < -0.3 is 9.67 Å². The number of aromatic nitrogens is 1. The topological polar surface area (TPSA) is 54.6 Å². The predicted octanol–water partition coefficient (Wildman–Crippen LogP) is 5.20. The number of halogens is 1. The number of para-hydroxylation sites is 1. The molecule has 3 rings (SSSR count). The number of carboxylic acid groups (broad SMARTS) is 1. The first-order valence-electron chi connectivity index (χ1n) is 7.78. The van der Waals surface area contributed by atoms with E-state index in [9.17, 15) is 4.79 Å². The Bertz CT molecular complexity index is 959. The van der Waals surface area contributed by atoms with E-state index in [4.69, 9.17) is 16.7 Å². The van der Waals surface area contributed by atoms with Gasteiger partial charge in [-0.25, -0.2) is 4.79 Å². The minimum absolute atomic E-state index is 0.0961. The number of carbonyl (C=O) groups is 1. The van der Waals surface area contributed by atoms with Crippen LogP contribution in [-0.4, -0.2) is 21.9 Å². The molecule has 1 heterocycles. The van der Waals surface area contributed by atoms with E-state index in [-0.39, 0.29) is 10.6 Å². The molecular weight excluding hydrogens is 336 g/mol. The highest BCUT2D eigenvalue weighted by atomic mass is 35.5. The molecule has 0 aliphatic heterocycles. The summed E-state index contributed by atoms with van der Waals surface area (Å²) >= 11 is 6.11. The van der Waals surface area contributed by atoms with E-state index in [0.717, 1.165) is 28.3 Å². The van der Waals surface area contributed by atoms with Crippen molar-refractivity contribution in [2.45, 2.75) is 13.8 Å². The molecule has 0 bridgehead atoms. The molecule has 0 fully saturated rings. The summed E-state index contributed by atoms with van der Waals surface area (Å²) in [5.74, 6) is -1.03. The molecule has 2 aromatic carbocycles. The van der Waals surface area contributed by atoms with Crippen molar-refractivity contribution >= 4 is 29.5 Å². The van der Waals surface area contributed by atoms with E-state index in [1.54, 1.807) is 12.1 Å². The number of rotatable bonds is 4. The molecule has 3 aromatic rings. The number of benzene rings is 2. The van der Waals surface area contributed by atoms with Crippen molar-refractivity contribution in [3.05, 3.63) is 82.1 Å². The molecule has 0 saturated carbocycles. The van der Waals surface area contributed by atoms with Crippen molar-refractivity contribution in [3.8, 4) is 5.69 Å². The van der Waals surface area contributed by atoms with Gasteiger partial charge in [0.15, 0.2) is 0 Å². The molecular formula is C20H17ClN2O2. The van der Waals surface area contributed by atoms with E-state index in [1.165, 1.54) is 6.07 Å². The molecule has 1 N–H and O–H groups in total. The van der Waals surface area contributed by atoms with Crippen molar-refractivity contribution in [1.29, 1.82) is 0 Å². The average molecular weight is 353 g/mol. The van der Waals surface area contributed by atoms with Crippen LogP contribution in [-0.2, 0) is 0 Å². The van der Waals surface area contributed by atoms with Crippen LogP contribution in [0.15, 0.2) is 59.6 Å². The quantitative estimate of drug-likeness (QED) is 0.656. The summed E-state index contributed by atoms with van der Waals surface area (Å²) in [6.07, 6.45) is 1.83. The van der Waals surface area contributed by atoms with Crippen LogP contribution in [0.1, 0.15) is 27.3 Å². The third kappa shape index (κ3) is 3.49. The van der Waals surface area contributed by atoms with E-state index >= 15 is 0 Å². The highest BCUT2D eigenvalue weighted by molar-refractivity contribution is 6.33. The van der Waals surface area contributed by atoms with E-state index in [1.807, 2.05) is 61.0 Å². The maximum atomic E-state index is 11.1. The fourth-order valence-electron chi connectivity index (χ4n) is 2.79. The Kier molecular flexibility index (Phi) is 4.72. The largest absolute Gasteiger partial charge is 0.478 e. The lowest BCUT2D eigenvalue weighted by Crippen LogP contribution is -2.02. The van der Waals surface area contributed by atoms with Crippen LogP contribution in [0.25, 0.3) is 5.69 Å². The van der Waals surface area contributed by atoms with Crippen molar-refractivity contribution in [2.75, 3.05) is 0 Å². The highest BCUT2D eigenvalue weighted by Gasteiger charge is 2.13. The van der Waals surface area contributed by atoms with Gasteiger partial charge in [-0.3, -0.25) is 4.99 Å². The fourth-order valence-corrected chi connectivity index (χ4v) is 3.05. The second-order valence-corrected chi connectivity index (χ2v) is 6.13. The van der Waals surface area contributed by atoms with Gasteiger partial charge in [0, 0.05) is 28.9 Å². The number of aliphatic imine (C=N–C) groups is 1. The SMILES string of the molecule is Cc1cc(C=Nc2ccccc2)c(C)n1-c1ccc(C(=O)O)c(Cl)c1. The Morgan fingerprint density at radius 1 is 1.12 bits per heavy atom. The molecule has 1 aromatic heterocycles. The molecule has 4 nitrogen and oxygen atoms in total. The number of aromatic carboxylic acids is 1. The number of hydrogen-bond donors (Lipinski definition) is 1. The molecule has 5 heteroatoms. The first-order chi connectivity index (χ1) is 12.0. The Balaban J connectivity index is 1.99. The van der Waals surface area contributed by atoms with Crippen molar-refractivity contribution in [3.63, 3.8) is 0 Å². The summed E-state index contributed by atoms with van der Waals surface area (Å²) in [7, 11) is 0. The monoisotopic (exact) mass is 352 g/mol. The molecule has 0 saturated heterocycles. The van der Waals surface area contributed by atoms with Crippen LogP contribution >= 0.6 is 11.6 Å². The predicted molar refractivity (Wildman–Crippen MR) is 101 cm³/mol. The van der Waals surface area contributed by atoms with Crippen LogP contribution in [0.5, 0.6) is 0 Å². The standard InChI is InChI=1S/C20H17ClN2O2/c1-13-10-15(12-22-16-6-4-3-5-7-16)14(2)23(13)17-8-9-18(20(24)25)19(21)11-17/h3-12H,1-2H3,(H,24,25). The zero-order valence-electron chi connectivity index (χ0n) is 13.9. The molecule has 126 valence electrons. The molecule has 0 radical (unpaired) electrons. The van der Waals surface area contributed by atoms with Gasteiger partial charge in [0.25, 0.3) is 0 Å². The van der Waals surface area contributed by atoms with Gasteiger partial charge in [0.1, 0.15) is 0 Å². The molecule has 0 aliphatic carbocycles. The van der Waals surface area contributed by atoms with Gasteiger partial charge in [-0.2, -0.15) is 0 Å². The summed E-state index contributed by atoms with van der Waals surface area (Å²) in [5.41, 5.74) is 4.84. The third-order valence-corrected chi connectivity index (χ3v) is 4.33. The lowest BCUT2D eigenvalue weighted by atomic mass is 10.2. The smallest absolute Gasteiger partial charge is 0.337 e. The van der Waals surface area contributed by atoms with Crippen LogP contribution < -0.4 is 0 Å². The van der Waals surface area contributed by atoms with Crippen molar-refractivity contribution in [2.24, 2.45) is 4.99 Å². The van der Waals surface area contributed by atoms with Gasteiger partial charge in [-0.05, 0) is 50.2 Å². The van der Waals surface area contributed by atoms with Gasteiger partial charge in [0.05, 0.1) is 16.3 Å². The molecule has 0 atom stereocenters. The van der Waals surface area contributed by atoms with Gasteiger partial charge >= 0.3 is 5.97 Å². The lowest BCUT2D eigenvalue weighted by molar-refractivity contribution is 0.0697. The van der Waals surface area contributed by atoms with Crippen LogP contribution in [0, 0.1) is 13.8 Å². The van der Waals surface area contributed by atoms with Crippen LogP contribution in [0.2, 0.25) is 5.02 Å². The fraction of sp³-hybridized carbons (Fsp3) is 0.100. The Labute approximate surface area is 151 Å². The molecule has 0 spiro atoms. The maximum Gasteiger partial charge on any atom is 0.337 e. The second kappa shape index (κ2) is 6.95. The maximum absolute atomic E-state index is 11.1. The molecule has 0 unspecified atom stereocenters. The summed E-state index contributed by atoms with van der Waals surface area (Å²) in [6, 6.07) is 16.7. The Hall–Kier alpha value is -2.85. The molecule has 0 aliphatic rings. The van der Waals surface area contributed by atoms with Crippen LogP contribution in [0.3, 0.4) is 0 Å². The second-order valence-electron chi connectivity index (χ2n) is 5.72. The first-order valence-corrected chi connectivity index (χ1v) is 8.16. The zero-order chi connectivity index (χ0) is 18.0. The number of hydrogen-bond acceptors (Lipinski definition) is 2. The van der Waals surface area contributed by atoms with Gasteiger partial charge in [-0.15, -0.1) is 0 Å². The summed E-state index contributed by atoms with van der Waals surface area (Å²) in [4.78, 5) is 15.6. The number of carboxylic acids is 1. The van der Waals surface area contributed by atoms with E-state index in [0.29, 0.717) is 0 Å². The zero-order valence-corrected chi connectivity index (χ0v) is 14.7. The third-order valence-electron chi connectivity index (χ3n) is 4.02. The van der Waals surface area contributed by atoms with Gasteiger partial charge in [-0.1, -0.05) is 29.8 Å². The lowest BCUT2D eigenvalue weighted by Gasteiger charge is -2.11. The first kappa shape index (κ1) is 17.0.